The van der Waals surface area contributed by atoms with Crippen LogP contribution in [-0.2, 0) is 5.41 Å². The fraction of sp³-hybridized carbons (Fsp3) is 0.0217. The van der Waals surface area contributed by atoms with Gasteiger partial charge in [0.2, 0.25) is 0 Å². The average molecular weight is 1230 g/mol. The normalized spacial score (nSPS) is 13.8. The van der Waals surface area contributed by atoms with Gasteiger partial charge in [-0.3, -0.25) is 0 Å². The molecule has 10 heterocycles. The van der Waals surface area contributed by atoms with E-state index in [1.165, 1.54) is 199 Å². The lowest BCUT2D eigenvalue weighted by molar-refractivity contribution is 0.693. The summed E-state index contributed by atoms with van der Waals surface area (Å²) in [5.74, 6) is 0. The predicted octanol–water partition coefficient (Wildman–Crippen LogP) is 22.1. The Morgan fingerprint density at radius 2 is 0.577 bits per heavy atom. The van der Waals surface area contributed by atoms with E-state index < -0.39 is 5.41 Å². The minimum atomic E-state index is -0.613. The van der Waals surface area contributed by atoms with E-state index in [9.17, 15) is 0 Å². The number of fused-ring (bicyclic) bond motifs is 20. The van der Waals surface area contributed by atoms with Gasteiger partial charge in [-0.15, -0.1) is 0 Å². The van der Waals surface area contributed by atoms with Gasteiger partial charge in [-0.05, 0) is 157 Å². The van der Waals surface area contributed by atoms with Crippen molar-refractivity contribution in [3.63, 3.8) is 0 Å². The highest BCUT2D eigenvalue weighted by Gasteiger charge is 2.48. The van der Waals surface area contributed by atoms with Gasteiger partial charge in [0.15, 0.2) is 0 Å². The molecule has 0 aliphatic carbocycles. The summed E-state index contributed by atoms with van der Waals surface area (Å²) in [6.07, 6.45) is 0. The van der Waals surface area contributed by atoms with Crippen LogP contribution in [0.3, 0.4) is 0 Å². The minimum Gasteiger partial charge on any atom is -0.310 e. The van der Waals surface area contributed by atoms with Crippen LogP contribution in [0.25, 0.3) is 143 Å². The van der Waals surface area contributed by atoms with E-state index >= 15 is 0 Å². The SMILES string of the molecule is CC12c3ccc(cc3)-c3cccc(-c4ccccc4)c3N3c4cc(-c5cc6c7ccccc7n7c8ccccc8c(c5)c67)ccc4B4c5ccc(-c6cc7c8ccccc8n8c9ccccc9c(c6)c78)cc5N(c5cc1cc3c54)c1c(-c3ccccc3)cccc1-c1ccc2cc1. The molecular formula is C92H55BN4. The Bertz CT molecular complexity index is 6080. The van der Waals surface area contributed by atoms with Crippen LogP contribution in [0.4, 0.5) is 34.1 Å². The third-order valence-electron chi connectivity index (χ3n) is 23.0. The van der Waals surface area contributed by atoms with Crippen LogP contribution in [0.15, 0.2) is 315 Å². The van der Waals surface area contributed by atoms with Gasteiger partial charge >= 0.3 is 0 Å². The molecule has 446 valence electrons. The van der Waals surface area contributed by atoms with Gasteiger partial charge in [-0.25, -0.2) is 0 Å². The molecule has 6 aliphatic rings. The van der Waals surface area contributed by atoms with Crippen LogP contribution >= 0.6 is 0 Å². The Morgan fingerprint density at radius 1 is 0.247 bits per heavy atom. The maximum atomic E-state index is 2.72. The van der Waals surface area contributed by atoms with E-state index in [0.717, 1.165) is 11.4 Å². The lowest BCUT2D eigenvalue weighted by atomic mass is 9.33. The summed E-state index contributed by atoms with van der Waals surface area (Å²) in [6, 6.07) is 121. The predicted molar refractivity (Wildman–Crippen MR) is 408 cm³/mol. The van der Waals surface area contributed by atoms with Gasteiger partial charge in [0.25, 0.3) is 6.71 Å². The van der Waals surface area contributed by atoms with Crippen LogP contribution in [0.2, 0.25) is 0 Å². The molecule has 4 aromatic heterocycles. The van der Waals surface area contributed by atoms with Crippen molar-refractivity contribution >= 4 is 133 Å². The standard InChI is InChI=1S/C92H55BN4/c1-92-62-40-34-56(35-41-62)67-28-16-26-65(54-18-4-2-5-19-54)88(67)96-83-50-58(60-46-73-69-22-8-12-30-79(69)94-80-31-13-9-23-70(80)74(47-60)90(73)94)38-44-77(83)93-78-45-39-59(61-48-75-71-24-10-14-32-81(71)95-82-33-15-11-25-72(82)76(49-61)91(75)95)51-84(78)97(86-53-64(92)52-85(96)87(86)93)89-66(55-20-6-3-7-21-55)27-17-29-68(89)57-36-42-63(92)43-37-57/h2-53H,1H3. The molecule has 97 heavy (non-hydrogen) atoms. The Morgan fingerprint density at radius 3 is 0.948 bits per heavy atom. The van der Waals surface area contributed by atoms with Crippen molar-refractivity contribution < 1.29 is 0 Å². The van der Waals surface area contributed by atoms with Crippen molar-refractivity contribution in [3.05, 3.63) is 332 Å². The van der Waals surface area contributed by atoms with Gasteiger partial charge in [0, 0.05) is 93.5 Å². The maximum Gasteiger partial charge on any atom is 0.252 e. The lowest BCUT2D eigenvalue weighted by Crippen LogP contribution is -2.61. The number of nitrogens with zero attached hydrogens (tertiary/aromatic N) is 4. The molecule has 0 fully saturated rings. The highest BCUT2D eigenvalue weighted by atomic mass is 15.2. The van der Waals surface area contributed by atoms with Crippen LogP contribution in [-0.4, -0.2) is 15.5 Å². The van der Waals surface area contributed by atoms with E-state index in [2.05, 4.69) is 341 Å². The second-order valence-corrected chi connectivity index (χ2v) is 27.6. The molecule has 0 radical (unpaired) electrons. The van der Waals surface area contributed by atoms with Crippen LogP contribution in [0.1, 0.15) is 23.6 Å². The third kappa shape index (κ3) is 6.72. The highest BCUT2D eigenvalue weighted by Crippen LogP contribution is 2.57. The molecular weight excluding hydrogens is 1170 g/mol. The van der Waals surface area contributed by atoms with E-state index in [-0.39, 0.29) is 6.71 Å². The van der Waals surface area contributed by atoms with E-state index in [1.54, 1.807) is 0 Å². The first-order chi connectivity index (χ1) is 48.0. The number of hydrogen-bond acceptors (Lipinski definition) is 2. The van der Waals surface area contributed by atoms with E-state index in [4.69, 9.17) is 0 Å². The fourth-order valence-corrected chi connectivity index (χ4v) is 18.6. The Labute approximate surface area is 559 Å². The molecule has 4 nitrogen and oxygen atoms in total. The Balaban J connectivity index is 0.878. The highest BCUT2D eigenvalue weighted by molar-refractivity contribution is 7.00. The number of rotatable bonds is 4. The van der Waals surface area contributed by atoms with Crippen molar-refractivity contribution in [1.82, 2.24) is 8.80 Å². The molecule has 0 saturated heterocycles. The van der Waals surface area contributed by atoms with Crippen LogP contribution < -0.4 is 26.2 Å². The second kappa shape index (κ2) is 18.7. The van der Waals surface area contributed by atoms with Gasteiger partial charge in [0.1, 0.15) is 0 Å². The smallest absolute Gasteiger partial charge is 0.252 e. The zero-order valence-electron chi connectivity index (χ0n) is 52.9. The van der Waals surface area contributed by atoms with Crippen molar-refractivity contribution in [3.8, 4) is 66.8 Å². The molecule has 25 rings (SSSR count). The fourth-order valence-electron chi connectivity index (χ4n) is 18.6. The summed E-state index contributed by atoms with van der Waals surface area (Å²) in [5.41, 5.74) is 35.5. The molecule has 5 heteroatoms. The minimum absolute atomic E-state index is 0.183. The van der Waals surface area contributed by atoms with Gasteiger partial charge in [-0.1, -0.05) is 243 Å². The Kier molecular flexibility index (Phi) is 10.0. The second-order valence-electron chi connectivity index (χ2n) is 27.6. The van der Waals surface area contributed by atoms with Gasteiger partial charge in [-0.2, -0.15) is 0 Å². The Hall–Kier alpha value is -12.4. The average Bonchev–Trinajstić information content (AvgIpc) is 1.21. The van der Waals surface area contributed by atoms with Crippen LogP contribution in [0.5, 0.6) is 0 Å². The first-order valence-electron chi connectivity index (χ1n) is 34.0. The van der Waals surface area contributed by atoms with Gasteiger partial charge in [0.05, 0.1) is 44.5 Å². The molecule has 6 aliphatic heterocycles. The van der Waals surface area contributed by atoms with Crippen molar-refractivity contribution in [2.45, 2.75) is 12.3 Å². The summed E-state index contributed by atoms with van der Waals surface area (Å²) in [7, 11) is 0. The quantitative estimate of drug-likeness (QED) is 0.163. The summed E-state index contributed by atoms with van der Waals surface area (Å²) < 4.78 is 4.98. The molecule has 7 bridgehead atoms. The van der Waals surface area contributed by atoms with Crippen molar-refractivity contribution in [2.75, 3.05) is 9.80 Å². The van der Waals surface area contributed by atoms with Crippen molar-refractivity contribution in [1.29, 1.82) is 0 Å². The summed E-state index contributed by atoms with van der Waals surface area (Å²) in [5, 5.41) is 10.1. The van der Waals surface area contributed by atoms with Gasteiger partial charge < -0.3 is 18.6 Å². The third-order valence-corrected chi connectivity index (χ3v) is 23.0. The first kappa shape index (κ1) is 52.0. The molecule has 0 spiro atoms. The maximum absolute atomic E-state index is 2.72. The molecule has 0 atom stereocenters. The monoisotopic (exact) mass is 1230 g/mol. The molecule has 0 unspecified atom stereocenters. The first-order valence-corrected chi connectivity index (χ1v) is 34.0. The number of anilines is 6. The largest absolute Gasteiger partial charge is 0.310 e. The topological polar surface area (TPSA) is 15.3 Å². The molecule has 19 aromatic rings. The summed E-state index contributed by atoms with van der Waals surface area (Å²) in [4.78, 5) is 5.45. The molecule has 0 saturated carbocycles. The zero-order chi connectivity index (χ0) is 63.1. The summed E-state index contributed by atoms with van der Waals surface area (Å²) >= 11 is 0. The molecule has 15 aromatic carbocycles. The van der Waals surface area contributed by atoms with Crippen LogP contribution in [0, 0.1) is 0 Å². The molecule has 0 amide bonds. The number of benzene rings is 15. The van der Waals surface area contributed by atoms with E-state index in [0.29, 0.717) is 0 Å². The zero-order valence-corrected chi connectivity index (χ0v) is 52.9. The molecule has 0 N–H and O–H groups in total. The number of hydrogen-bond donors (Lipinski definition) is 0. The number of aromatic nitrogens is 2. The number of para-hydroxylation sites is 6. The van der Waals surface area contributed by atoms with E-state index in [1.807, 2.05) is 0 Å². The lowest BCUT2D eigenvalue weighted by Gasteiger charge is -2.46. The van der Waals surface area contributed by atoms with Crippen molar-refractivity contribution in [2.24, 2.45) is 0 Å². The summed E-state index contributed by atoms with van der Waals surface area (Å²) in [6.45, 7) is 2.30.